The molecule has 1 aromatic heterocycles. The fourth-order valence-electron chi connectivity index (χ4n) is 1.23. The molecule has 0 unspecified atom stereocenters. The second kappa shape index (κ2) is 2.89. The van der Waals surface area contributed by atoms with Crippen molar-refractivity contribution in [3.8, 4) is 0 Å². The zero-order valence-corrected chi connectivity index (χ0v) is 6.44. The van der Waals surface area contributed by atoms with Crippen LogP contribution in [0.5, 0.6) is 0 Å². The first kappa shape index (κ1) is 7.22. The molecule has 1 aliphatic carbocycles. The van der Waals surface area contributed by atoms with Gasteiger partial charge in [-0.2, -0.15) is 0 Å². The van der Waals surface area contributed by atoms with Gasteiger partial charge in [-0.05, 0) is 12.1 Å². The predicted molar refractivity (Wildman–Crippen MR) is 45.2 cm³/mol. The molecule has 0 amide bonds. The number of nitrogens with zero attached hydrogens (tertiary/aromatic N) is 1. The molecular formula is C10H8FN. The Kier molecular flexibility index (Phi) is 1.74. The summed E-state index contributed by atoms with van der Waals surface area (Å²) in [7, 11) is 0. The molecule has 0 bridgehead atoms. The van der Waals surface area contributed by atoms with Crippen LogP contribution in [-0.2, 0) is 0 Å². The smallest absolute Gasteiger partial charge is 0.126 e. The topological polar surface area (TPSA) is 12.9 Å². The molecule has 0 aromatic carbocycles. The highest BCUT2D eigenvalue weighted by Gasteiger charge is 2.08. The van der Waals surface area contributed by atoms with E-state index in [-0.39, 0.29) is 11.7 Å². The minimum absolute atomic E-state index is 0.153. The van der Waals surface area contributed by atoms with Crippen LogP contribution in [0.4, 0.5) is 4.39 Å². The van der Waals surface area contributed by atoms with Crippen molar-refractivity contribution in [1.29, 1.82) is 0 Å². The number of hydrogen-bond donors (Lipinski definition) is 0. The van der Waals surface area contributed by atoms with E-state index in [1.165, 1.54) is 18.3 Å². The van der Waals surface area contributed by atoms with Crippen molar-refractivity contribution in [1.82, 2.24) is 4.98 Å². The van der Waals surface area contributed by atoms with E-state index in [1.54, 1.807) is 0 Å². The number of aromatic nitrogens is 1. The van der Waals surface area contributed by atoms with Crippen LogP contribution in [-0.4, -0.2) is 4.98 Å². The molecule has 1 heterocycles. The monoisotopic (exact) mass is 161 g/mol. The number of rotatable bonds is 1. The van der Waals surface area contributed by atoms with Crippen molar-refractivity contribution in [2.75, 3.05) is 0 Å². The van der Waals surface area contributed by atoms with E-state index in [4.69, 9.17) is 0 Å². The molecule has 1 nitrogen and oxygen atoms in total. The van der Waals surface area contributed by atoms with Gasteiger partial charge < -0.3 is 0 Å². The summed E-state index contributed by atoms with van der Waals surface area (Å²) < 4.78 is 12.7. The molecular weight excluding hydrogens is 153 g/mol. The van der Waals surface area contributed by atoms with E-state index in [0.29, 0.717) is 0 Å². The van der Waals surface area contributed by atoms with Crippen molar-refractivity contribution in [3.05, 3.63) is 54.1 Å². The lowest BCUT2D eigenvalue weighted by Crippen LogP contribution is -1.93. The third kappa shape index (κ3) is 1.28. The first-order valence-electron chi connectivity index (χ1n) is 3.83. The van der Waals surface area contributed by atoms with Gasteiger partial charge in [0.15, 0.2) is 0 Å². The molecule has 0 N–H and O–H groups in total. The molecule has 0 saturated carbocycles. The molecule has 1 aromatic rings. The Morgan fingerprint density at radius 3 is 2.67 bits per heavy atom. The summed E-state index contributed by atoms with van der Waals surface area (Å²) in [4.78, 5) is 4.08. The van der Waals surface area contributed by atoms with Crippen molar-refractivity contribution in [3.63, 3.8) is 0 Å². The Morgan fingerprint density at radius 2 is 2.00 bits per heavy atom. The van der Waals surface area contributed by atoms with Crippen molar-refractivity contribution >= 4 is 0 Å². The number of pyridine rings is 1. The molecule has 0 fully saturated rings. The summed E-state index contributed by atoms with van der Waals surface area (Å²) in [5.74, 6) is -0.0746. The SMILES string of the molecule is Fc1ccnc(C2C=CC=C2)c1. The lowest BCUT2D eigenvalue weighted by molar-refractivity contribution is 0.622. The Labute approximate surface area is 70.3 Å². The van der Waals surface area contributed by atoms with Crippen molar-refractivity contribution in [2.45, 2.75) is 5.92 Å². The molecule has 0 spiro atoms. The second-order valence-corrected chi connectivity index (χ2v) is 2.69. The Morgan fingerprint density at radius 1 is 1.25 bits per heavy atom. The van der Waals surface area contributed by atoms with E-state index in [2.05, 4.69) is 4.98 Å². The molecule has 0 atom stereocenters. The van der Waals surface area contributed by atoms with Gasteiger partial charge in [-0.15, -0.1) is 0 Å². The average Bonchev–Trinajstić information content (AvgIpc) is 2.56. The van der Waals surface area contributed by atoms with Gasteiger partial charge in [-0.25, -0.2) is 4.39 Å². The van der Waals surface area contributed by atoms with Crippen LogP contribution in [0.15, 0.2) is 42.6 Å². The van der Waals surface area contributed by atoms with Crippen LogP contribution >= 0.6 is 0 Å². The van der Waals surface area contributed by atoms with Gasteiger partial charge in [0.05, 0.1) is 5.69 Å². The quantitative estimate of drug-likeness (QED) is 0.616. The van der Waals surface area contributed by atoms with Crippen LogP contribution in [0.25, 0.3) is 0 Å². The van der Waals surface area contributed by atoms with Crippen LogP contribution in [0.3, 0.4) is 0 Å². The zero-order valence-electron chi connectivity index (χ0n) is 6.44. The van der Waals surface area contributed by atoms with Crippen molar-refractivity contribution in [2.24, 2.45) is 0 Å². The summed E-state index contributed by atoms with van der Waals surface area (Å²) in [6.45, 7) is 0. The maximum absolute atomic E-state index is 12.7. The third-order valence-corrected chi connectivity index (χ3v) is 1.83. The van der Waals surface area contributed by atoms with E-state index >= 15 is 0 Å². The van der Waals surface area contributed by atoms with Gasteiger partial charge in [0, 0.05) is 12.1 Å². The summed E-state index contributed by atoms with van der Waals surface area (Å²) >= 11 is 0. The van der Waals surface area contributed by atoms with E-state index in [9.17, 15) is 4.39 Å². The van der Waals surface area contributed by atoms with Crippen LogP contribution in [0.2, 0.25) is 0 Å². The Bertz CT molecular complexity index is 329. The summed E-state index contributed by atoms with van der Waals surface area (Å²) in [5.41, 5.74) is 0.764. The summed E-state index contributed by atoms with van der Waals surface area (Å²) in [6, 6.07) is 2.82. The Hall–Kier alpha value is -1.44. The first-order chi connectivity index (χ1) is 5.86. The highest BCUT2D eigenvalue weighted by molar-refractivity contribution is 5.30. The maximum Gasteiger partial charge on any atom is 0.126 e. The molecule has 0 radical (unpaired) electrons. The van der Waals surface area contributed by atoms with Gasteiger partial charge in [-0.1, -0.05) is 24.3 Å². The molecule has 0 saturated heterocycles. The lowest BCUT2D eigenvalue weighted by atomic mass is 10.1. The van der Waals surface area contributed by atoms with E-state index < -0.39 is 0 Å². The van der Waals surface area contributed by atoms with Crippen molar-refractivity contribution < 1.29 is 4.39 Å². The number of hydrogen-bond acceptors (Lipinski definition) is 1. The Balaban J connectivity index is 2.34. The zero-order chi connectivity index (χ0) is 8.39. The maximum atomic E-state index is 12.7. The number of allylic oxidation sites excluding steroid dienone is 4. The average molecular weight is 161 g/mol. The third-order valence-electron chi connectivity index (χ3n) is 1.83. The fourth-order valence-corrected chi connectivity index (χ4v) is 1.23. The van der Waals surface area contributed by atoms with Crippen LogP contribution in [0.1, 0.15) is 11.6 Å². The highest BCUT2D eigenvalue weighted by Crippen LogP contribution is 2.20. The molecule has 12 heavy (non-hydrogen) atoms. The van der Waals surface area contributed by atoms with Crippen LogP contribution in [0, 0.1) is 5.82 Å². The fraction of sp³-hybridized carbons (Fsp3) is 0.100. The largest absolute Gasteiger partial charge is 0.260 e. The standard InChI is InChI=1S/C10H8FN/c11-9-5-6-12-10(7-9)8-3-1-2-4-8/h1-8H. The molecule has 0 aliphatic heterocycles. The van der Waals surface area contributed by atoms with Gasteiger partial charge >= 0.3 is 0 Å². The molecule has 2 heteroatoms. The van der Waals surface area contributed by atoms with E-state index in [1.807, 2.05) is 24.3 Å². The minimum Gasteiger partial charge on any atom is -0.260 e. The summed E-state index contributed by atoms with van der Waals surface area (Å²) in [6.07, 6.45) is 9.35. The summed E-state index contributed by atoms with van der Waals surface area (Å²) in [5, 5.41) is 0. The van der Waals surface area contributed by atoms with E-state index in [0.717, 1.165) is 5.69 Å². The predicted octanol–water partition coefficient (Wildman–Crippen LogP) is 2.43. The highest BCUT2D eigenvalue weighted by atomic mass is 19.1. The van der Waals surface area contributed by atoms with Gasteiger partial charge in [0.25, 0.3) is 0 Å². The van der Waals surface area contributed by atoms with Gasteiger partial charge in [0.1, 0.15) is 5.82 Å². The molecule has 1 aliphatic rings. The van der Waals surface area contributed by atoms with Gasteiger partial charge in [-0.3, -0.25) is 4.98 Å². The minimum atomic E-state index is -0.228. The second-order valence-electron chi connectivity index (χ2n) is 2.69. The number of halogens is 1. The normalized spacial score (nSPS) is 15.8. The first-order valence-corrected chi connectivity index (χ1v) is 3.83. The molecule has 2 rings (SSSR count). The van der Waals surface area contributed by atoms with Gasteiger partial charge in [0.2, 0.25) is 0 Å². The molecule has 60 valence electrons. The lowest BCUT2D eigenvalue weighted by Gasteiger charge is -2.02. The van der Waals surface area contributed by atoms with Crippen LogP contribution < -0.4 is 0 Å².